The Kier molecular flexibility index (Phi) is 9.28. The molecule has 1 aliphatic rings. The monoisotopic (exact) mass is 563 g/mol. The van der Waals surface area contributed by atoms with Gasteiger partial charge in [0.2, 0.25) is 17.7 Å². The van der Waals surface area contributed by atoms with Crippen LogP contribution in [0.15, 0.2) is 54.7 Å². The van der Waals surface area contributed by atoms with E-state index < -0.39 is 47.9 Å². The normalized spacial score (nSPS) is 17.3. The van der Waals surface area contributed by atoms with Crippen LogP contribution in [0.3, 0.4) is 0 Å². The van der Waals surface area contributed by atoms with E-state index in [9.17, 15) is 29.4 Å². The predicted octanol–water partition coefficient (Wildman–Crippen LogP) is 1.69. The molecule has 0 unspecified atom stereocenters. The number of phenolic OH excluding ortho intramolecular Hbond substituents is 1. The molecule has 0 radical (unpaired) electrons. The van der Waals surface area contributed by atoms with Crippen molar-refractivity contribution in [3.63, 3.8) is 0 Å². The van der Waals surface area contributed by atoms with Crippen LogP contribution in [0.5, 0.6) is 5.75 Å². The van der Waals surface area contributed by atoms with Crippen molar-refractivity contribution in [3.8, 4) is 5.75 Å². The van der Waals surface area contributed by atoms with E-state index in [1.54, 1.807) is 32.2 Å². The molecule has 1 fully saturated rings. The van der Waals surface area contributed by atoms with Gasteiger partial charge in [0.15, 0.2) is 0 Å². The summed E-state index contributed by atoms with van der Waals surface area (Å²) < 4.78 is 0. The molecule has 2 aromatic carbocycles. The van der Waals surface area contributed by atoms with Gasteiger partial charge in [0.25, 0.3) is 0 Å². The standard InChI is InChI=1S/C30H37N5O6/c1-17(2)26(31)28(38)33-23(14-18-9-11-20(36)12-10-18)29(39)35-13-5-8-25(35)27(37)34-24(30(40)41)15-19-16-32-22-7-4-3-6-21(19)22/h3-4,6-7,9-12,16-17,23-26,32,36H,5,8,13-15,31H2,1-2H3,(H,33,38)(H,34,37)(H,40,41)/t23-,24-,25-,26-/m0/s1. The second-order valence-corrected chi connectivity index (χ2v) is 10.9. The zero-order valence-corrected chi connectivity index (χ0v) is 23.2. The minimum atomic E-state index is -1.20. The fourth-order valence-corrected chi connectivity index (χ4v) is 5.13. The molecule has 218 valence electrons. The lowest BCUT2D eigenvalue weighted by atomic mass is 10.0. The molecule has 1 aliphatic heterocycles. The van der Waals surface area contributed by atoms with Gasteiger partial charge in [-0.1, -0.05) is 44.2 Å². The van der Waals surface area contributed by atoms with E-state index in [0.29, 0.717) is 18.4 Å². The summed E-state index contributed by atoms with van der Waals surface area (Å²) in [6, 6.07) is 9.87. The number of aliphatic carboxylic acids is 1. The van der Waals surface area contributed by atoms with Gasteiger partial charge < -0.3 is 36.5 Å². The Morgan fingerprint density at radius 2 is 1.73 bits per heavy atom. The van der Waals surface area contributed by atoms with Gasteiger partial charge in [-0.05, 0) is 48.1 Å². The Morgan fingerprint density at radius 1 is 1.02 bits per heavy atom. The quantitative estimate of drug-likeness (QED) is 0.205. The van der Waals surface area contributed by atoms with Crippen molar-refractivity contribution in [1.82, 2.24) is 20.5 Å². The van der Waals surface area contributed by atoms with Gasteiger partial charge in [0.05, 0.1) is 6.04 Å². The summed E-state index contributed by atoms with van der Waals surface area (Å²) in [5.74, 6) is -2.77. The summed E-state index contributed by atoms with van der Waals surface area (Å²) >= 11 is 0. The van der Waals surface area contributed by atoms with Crippen LogP contribution in [0, 0.1) is 5.92 Å². The number of para-hydroxylation sites is 1. The Morgan fingerprint density at radius 3 is 2.41 bits per heavy atom. The number of carbonyl (C=O) groups excluding carboxylic acids is 3. The number of aromatic hydroxyl groups is 1. The van der Waals surface area contributed by atoms with E-state index >= 15 is 0 Å². The van der Waals surface area contributed by atoms with E-state index in [0.717, 1.165) is 16.5 Å². The lowest BCUT2D eigenvalue weighted by Crippen LogP contribution is -2.58. The number of nitrogens with zero attached hydrogens (tertiary/aromatic N) is 1. The van der Waals surface area contributed by atoms with E-state index in [4.69, 9.17) is 5.73 Å². The van der Waals surface area contributed by atoms with E-state index in [1.165, 1.54) is 17.0 Å². The van der Waals surface area contributed by atoms with Crippen molar-refractivity contribution in [2.75, 3.05) is 6.54 Å². The van der Waals surface area contributed by atoms with Gasteiger partial charge >= 0.3 is 5.97 Å². The lowest BCUT2D eigenvalue weighted by Gasteiger charge is -2.30. The first-order valence-electron chi connectivity index (χ1n) is 13.8. The van der Waals surface area contributed by atoms with Crippen molar-refractivity contribution in [2.24, 2.45) is 11.7 Å². The smallest absolute Gasteiger partial charge is 0.326 e. The van der Waals surface area contributed by atoms with Crippen molar-refractivity contribution in [2.45, 2.75) is 63.7 Å². The predicted molar refractivity (Wildman–Crippen MR) is 153 cm³/mol. The van der Waals surface area contributed by atoms with Gasteiger partial charge in [0.1, 0.15) is 23.9 Å². The third-order valence-electron chi connectivity index (χ3n) is 7.56. The molecule has 1 saturated heterocycles. The Labute approximate surface area is 238 Å². The van der Waals surface area contributed by atoms with E-state index in [-0.39, 0.29) is 31.1 Å². The average molecular weight is 564 g/mol. The Balaban J connectivity index is 1.51. The number of rotatable bonds is 11. The Hall–Kier alpha value is -4.38. The second kappa shape index (κ2) is 12.9. The average Bonchev–Trinajstić information content (AvgIpc) is 3.60. The topological polar surface area (TPSA) is 178 Å². The molecule has 7 N–H and O–H groups in total. The van der Waals surface area contributed by atoms with Gasteiger partial charge in [-0.3, -0.25) is 14.4 Å². The Bertz CT molecular complexity index is 1400. The third-order valence-corrected chi connectivity index (χ3v) is 7.56. The zero-order chi connectivity index (χ0) is 29.7. The maximum Gasteiger partial charge on any atom is 0.326 e. The molecule has 0 aliphatic carbocycles. The highest BCUT2D eigenvalue weighted by molar-refractivity contribution is 5.95. The number of nitrogens with one attached hydrogen (secondary N) is 3. The number of aromatic amines is 1. The molecular formula is C30H37N5O6. The van der Waals surface area contributed by atoms with Gasteiger partial charge in [-0.15, -0.1) is 0 Å². The minimum Gasteiger partial charge on any atom is -0.508 e. The first-order chi connectivity index (χ1) is 19.5. The van der Waals surface area contributed by atoms with Gasteiger partial charge in [0, 0.05) is 36.5 Å². The largest absolute Gasteiger partial charge is 0.508 e. The summed E-state index contributed by atoms with van der Waals surface area (Å²) in [5.41, 5.74) is 8.35. The number of H-pyrrole nitrogens is 1. The summed E-state index contributed by atoms with van der Waals surface area (Å²) in [4.78, 5) is 56.7. The zero-order valence-electron chi connectivity index (χ0n) is 23.2. The number of aromatic nitrogens is 1. The number of benzene rings is 2. The van der Waals surface area contributed by atoms with Crippen LogP contribution in [0.25, 0.3) is 10.9 Å². The first-order valence-corrected chi connectivity index (χ1v) is 13.8. The molecule has 3 amide bonds. The molecule has 1 aromatic heterocycles. The molecule has 11 heteroatoms. The molecule has 2 heterocycles. The molecule has 4 rings (SSSR count). The molecule has 11 nitrogen and oxygen atoms in total. The van der Waals surface area contributed by atoms with Crippen molar-refractivity contribution < 1.29 is 29.4 Å². The molecule has 41 heavy (non-hydrogen) atoms. The summed E-state index contributed by atoms with van der Waals surface area (Å²) in [6.07, 6.45) is 2.84. The number of nitrogens with two attached hydrogens (primary N) is 1. The molecule has 4 atom stereocenters. The number of likely N-dealkylation sites (tertiary alicyclic amines) is 1. The molecular weight excluding hydrogens is 526 g/mol. The molecule has 3 aromatic rings. The van der Waals surface area contributed by atoms with Crippen LogP contribution < -0.4 is 16.4 Å². The third kappa shape index (κ3) is 7.04. The van der Waals surface area contributed by atoms with Crippen molar-refractivity contribution in [1.29, 1.82) is 0 Å². The number of carboxylic acids is 1. The van der Waals surface area contributed by atoms with E-state index in [2.05, 4.69) is 15.6 Å². The number of hydrogen-bond donors (Lipinski definition) is 6. The minimum absolute atomic E-state index is 0.0678. The van der Waals surface area contributed by atoms with Crippen molar-refractivity contribution in [3.05, 3.63) is 65.9 Å². The highest BCUT2D eigenvalue weighted by Gasteiger charge is 2.39. The number of amides is 3. The van der Waals surface area contributed by atoms with Crippen LogP contribution in [0.4, 0.5) is 0 Å². The summed E-state index contributed by atoms with van der Waals surface area (Å²) in [7, 11) is 0. The highest BCUT2D eigenvalue weighted by Crippen LogP contribution is 2.22. The number of fused-ring (bicyclic) bond motifs is 1. The maximum absolute atomic E-state index is 13.8. The molecule has 0 bridgehead atoms. The highest BCUT2D eigenvalue weighted by atomic mass is 16.4. The van der Waals surface area contributed by atoms with Crippen LogP contribution in [0.2, 0.25) is 0 Å². The SMILES string of the molecule is CC(C)[C@H](N)C(=O)N[C@@H](Cc1ccc(O)cc1)C(=O)N1CCC[C@H]1C(=O)N[C@@H](Cc1c[nH]c2ccccc12)C(=O)O. The molecule has 0 saturated carbocycles. The fourth-order valence-electron chi connectivity index (χ4n) is 5.13. The van der Waals surface area contributed by atoms with Crippen LogP contribution in [-0.2, 0) is 32.0 Å². The molecule has 0 spiro atoms. The number of carbonyl (C=O) groups is 4. The van der Waals surface area contributed by atoms with Crippen molar-refractivity contribution >= 4 is 34.6 Å². The lowest BCUT2D eigenvalue weighted by molar-refractivity contribution is -0.145. The summed E-state index contributed by atoms with van der Waals surface area (Å²) in [6.45, 7) is 3.89. The number of phenols is 1. The van der Waals surface area contributed by atoms with Crippen LogP contribution in [-0.4, -0.2) is 74.5 Å². The fraction of sp³-hybridized carbons (Fsp3) is 0.400. The second-order valence-electron chi connectivity index (χ2n) is 10.9. The van der Waals surface area contributed by atoms with Crippen LogP contribution >= 0.6 is 0 Å². The van der Waals surface area contributed by atoms with Crippen LogP contribution in [0.1, 0.15) is 37.8 Å². The summed E-state index contributed by atoms with van der Waals surface area (Å²) in [5, 5.41) is 25.8. The van der Waals surface area contributed by atoms with E-state index in [1.807, 2.05) is 24.3 Å². The van der Waals surface area contributed by atoms with Gasteiger partial charge in [-0.25, -0.2) is 4.79 Å². The maximum atomic E-state index is 13.8. The first kappa shape index (κ1) is 29.6. The number of carboxylic acid groups (broad SMARTS) is 1. The number of hydrogen-bond acceptors (Lipinski definition) is 6. The van der Waals surface area contributed by atoms with Gasteiger partial charge in [-0.2, -0.15) is 0 Å².